The van der Waals surface area contributed by atoms with Crippen LogP contribution in [0.2, 0.25) is 0 Å². The Morgan fingerprint density at radius 1 is 1.42 bits per heavy atom. The summed E-state index contributed by atoms with van der Waals surface area (Å²) < 4.78 is 36.7. The van der Waals surface area contributed by atoms with Gasteiger partial charge in [-0.2, -0.15) is 0 Å². The van der Waals surface area contributed by atoms with Gasteiger partial charge in [-0.3, -0.25) is 9.52 Å². The molecule has 2 aliphatic rings. The number of sulfonamides is 1. The van der Waals surface area contributed by atoms with Gasteiger partial charge in [0.25, 0.3) is 0 Å². The van der Waals surface area contributed by atoms with Crippen molar-refractivity contribution in [1.82, 2.24) is 0 Å². The molecular formula is C15H19NO7S. The second-order valence-electron chi connectivity index (χ2n) is 6.13. The SMILES string of the molecule is CS(=O)(=O)Nc1ccc2c(c1)[C@H]1C[C@@H](CC(=O)O)O[C@@H](CO)[C@H]1O2. The number of aliphatic hydroxyl groups is 1. The van der Waals surface area contributed by atoms with Gasteiger partial charge in [-0.1, -0.05) is 0 Å². The predicted octanol–water partition coefficient (Wildman–Crippen LogP) is 0.527. The van der Waals surface area contributed by atoms with E-state index in [0.717, 1.165) is 11.8 Å². The van der Waals surface area contributed by atoms with Gasteiger partial charge in [0.05, 0.1) is 25.4 Å². The molecule has 9 heteroatoms. The zero-order valence-corrected chi connectivity index (χ0v) is 13.8. The van der Waals surface area contributed by atoms with Crippen molar-refractivity contribution in [2.24, 2.45) is 0 Å². The van der Waals surface area contributed by atoms with Crippen molar-refractivity contribution in [3.8, 4) is 5.75 Å². The number of hydrogen-bond acceptors (Lipinski definition) is 6. The number of carboxylic acid groups (broad SMARTS) is 1. The van der Waals surface area contributed by atoms with Crippen LogP contribution in [0.1, 0.15) is 24.3 Å². The molecule has 2 heterocycles. The highest BCUT2D eigenvalue weighted by Crippen LogP contribution is 2.47. The molecule has 1 aromatic carbocycles. The molecule has 0 aromatic heterocycles. The third kappa shape index (κ3) is 3.47. The maximum absolute atomic E-state index is 11.4. The average Bonchev–Trinajstić information content (AvgIpc) is 2.82. The van der Waals surface area contributed by atoms with E-state index in [1.54, 1.807) is 18.2 Å². The number of aliphatic hydroxyl groups excluding tert-OH is 1. The average molecular weight is 357 g/mol. The lowest BCUT2D eigenvalue weighted by atomic mass is 9.84. The third-order valence-electron chi connectivity index (χ3n) is 4.20. The normalized spacial score (nSPS) is 28.6. The van der Waals surface area contributed by atoms with E-state index in [4.69, 9.17) is 14.6 Å². The molecule has 1 fully saturated rings. The van der Waals surface area contributed by atoms with Gasteiger partial charge in [-0.25, -0.2) is 8.42 Å². The first-order valence-corrected chi connectivity index (χ1v) is 9.42. The van der Waals surface area contributed by atoms with E-state index >= 15 is 0 Å². The standard InChI is InChI=1S/C15H19NO7S/c1-24(20,21)16-8-2-3-12-10(4-8)11-5-9(6-14(18)19)22-13(7-17)15(11)23-12/h2-4,9,11,13,15-17H,5-7H2,1H3,(H,18,19)/t9-,11+,13-,15-/m0/s1. The molecule has 0 spiro atoms. The van der Waals surface area contributed by atoms with Crippen LogP contribution in [0.3, 0.4) is 0 Å². The van der Waals surface area contributed by atoms with Crippen molar-refractivity contribution in [2.45, 2.75) is 37.1 Å². The Balaban J connectivity index is 1.89. The number of anilines is 1. The Kier molecular flexibility index (Phi) is 4.41. The highest BCUT2D eigenvalue weighted by atomic mass is 32.2. The van der Waals surface area contributed by atoms with E-state index in [9.17, 15) is 18.3 Å². The van der Waals surface area contributed by atoms with Crippen molar-refractivity contribution < 1.29 is 32.9 Å². The first-order chi connectivity index (χ1) is 11.3. The molecule has 24 heavy (non-hydrogen) atoms. The molecule has 0 unspecified atom stereocenters. The molecule has 1 saturated heterocycles. The van der Waals surface area contributed by atoms with Crippen LogP contribution >= 0.6 is 0 Å². The maximum Gasteiger partial charge on any atom is 0.305 e. The highest BCUT2D eigenvalue weighted by Gasteiger charge is 2.46. The predicted molar refractivity (Wildman–Crippen MR) is 84.7 cm³/mol. The summed E-state index contributed by atoms with van der Waals surface area (Å²) in [5.41, 5.74) is 1.22. The maximum atomic E-state index is 11.4. The van der Waals surface area contributed by atoms with Gasteiger partial charge in [0, 0.05) is 17.2 Å². The number of nitrogens with one attached hydrogen (secondary N) is 1. The first kappa shape index (κ1) is 17.0. The number of carboxylic acids is 1. The monoisotopic (exact) mass is 357 g/mol. The Labute approximate surface area is 139 Å². The van der Waals surface area contributed by atoms with E-state index in [0.29, 0.717) is 17.9 Å². The van der Waals surface area contributed by atoms with Crippen molar-refractivity contribution in [3.05, 3.63) is 23.8 Å². The van der Waals surface area contributed by atoms with Crippen molar-refractivity contribution in [1.29, 1.82) is 0 Å². The van der Waals surface area contributed by atoms with Crippen LogP contribution in [0.4, 0.5) is 5.69 Å². The van der Waals surface area contributed by atoms with Crippen molar-refractivity contribution >= 4 is 21.7 Å². The largest absolute Gasteiger partial charge is 0.487 e. The second kappa shape index (κ2) is 6.23. The molecule has 8 nitrogen and oxygen atoms in total. The smallest absolute Gasteiger partial charge is 0.305 e. The molecule has 0 aliphatic carbocycles. The third-order valence-corrected chi connectivity index (χ3v) is 4.81. The minimum atomic E-state index is -3.40. The van der Waals surface area contributed by atoms with Gasteiger partial charge in [0.1, 0.15) is 18.0 Å². The quantitative estimate of drug-likeness (QED) is 0.702. The van der Waals surface area contributed by atoms with Crippen LogP contribution < -0.4 is 9.46 Å². The summed E-state index contributed by atoms with van der Waals surface area (Å²) in [4.78, 5) is 11.0. The number of rotatable bonds is 5. The van der Waals surface area contributed by atoms with E-state index < -0.39 is 34.3 Å². The lowest BCUT2D eigenvalue weighted by molar-refractivity contribution is -0.153. The van der Waals surface area contributed by atoms with E-state index in [2.05, 4.69) is 4.72 Å². The molecule has 132 valence electrons. The minimum absolute atomic E-state index is 0.156. The van der Waals surface area contributed by atoms with Crippen LogP contribution in [0.5, 0.6) is 5.75 Å². The summed E-state index contributed by atoms with van der Waals surface area (Å²) in [5.74, 6) is -0.527. The summed E-state index contributed by atoms with van der Waals surface area (Å²) in [7, 11) is -3.40. The number of benzene rings is 1. The van der Waals surface area contributed by atoms with Crippen molar-refractivity contribution in [2.75, 3.05) is 17.6 Å². The summed E-state index contributed by atoms with van der Waals surface area (Å²) in [5, 5.41) is 18.5. The summed E-state index contributed by atoms with van der Waals surface area (Å²) >= 11 is 0. The fourth-order valence-corrected chi connectivity index (χ4v) is 3.92. The Hall–Kier alpha value is -1.84. The van der Waals surface area contributed by atoms with Gasteiger partial charge in [-0.05, 0) is 24.6 Å². The Bertz CT molecular complexity index is 748. The number of ether oxygens (including phenoxy) is 2. The van der Waals surface area contributed by atoms with E-state index in [1.807, 2.05) is 0 Å². The summed E-state index contributed by atoms with van der Waals surface area (Å²) in [6.07, 6.45) is -0.213. The van der Waals surface area contributed by atoms with E-state index in [-0.39, 0.29) is 18.9 Å². The molecule has 0 saturated carbocycles. The van der Waals surface area contributed by atoms with Crippen LogP contribution in [-0.2, 0) is 19.6 Å². The van der Waals surface area contributed by atoms with Crippen LogP contribution in [0.15, 0.2) is 18.2 Å². The molecule has 2 aliphatic heterocycles. The molecule has 3 N–H and O–H groups in total. The lowest BCUT2D eigenvalue weighted by Crippen LogP contribution is -2.46. The highest BCUT2D eigenvalue weighted by molar-refractivity contribution is 7.92. The van der Waals surface area contributed by atoms with Gasteiger partial charge in [-0.15, -0.1) is 0 Å². The molecule has 3 rings (SSSR count). The molecular weight excluding hydrogens is 338 g/mol. The fraction of sp³-hybridized carbons (Fsp3) is 0.533. The summed E-state index contributed by atoms with van der Waals surface area (Å²) in [6, 6.07) is 4.96. The zero-order valence-electron chi connectivity index (χ0n) is 13.0. The number of fused-ring (bicyclic) bond motifs is 3. The van der Waals surface area contributed by atoms with Crippen molar-refractivity contribution in [3.63, 3.8) is 0 Å². The zero-order chi connectivity index (χ0) is 17.5. The Morgan fingerprint density at radius 3 is 2.79 bits per heavy atom. The lowest BCUT2D eigenvalue weighted by Gasteiger charge is -2.36. The van der Waals surface area contributed by atoms with E-state index in [1.165, 1.54) is 0 Å². The van der Waals surface area contributed by atoms with Crippen LogP contribution in [0.25, 0.3) is 0 Å². The van der Waals surface area contributed by atoms with Gasteiger partial charge < -0.3 is 19.7 Å². The number of aliphatic carboxylic acids is 1. The van der Waals surface area contributed by atoms with Gasteiger partial charge >= 0.3 is 5.97 Å². The minimum Gasteiger partial charge on any atom is -0.487 e. The first-order valence-electron chi connectivity index (χ1n) is 7.53. The molecule has 4 atom stereocenters. The summed E-state index contributed by atoms with van der Waals surface area (Å²) in [6.45, 7) is -0.278. The number of carbonyl (C=O) groups is 1. The molecule has 0 radical (unpaired) electrons. The van der Waals surface area contributed by atoms with Crippen LogP contribution in [0, 0.1) is 0 Å². The van der Waals surface area contributed by atoms with Crippen LogP contribution in [-0.4, -0.2) is 55.8 Å². The fourth-order valence-electron chi connectivity index (χ4n) is 3.36. The van der Waals surface area contributed by atoms with Gasteiger partial charge in [0.15, 0.2) is 0 Å². The molecule has 0 bridgehead atoms. The number of hydrogen-bond donors (Lipinski definition) is 3. The topological polar surface area (TPSA) is 122 Å². The second-order valence-corrected chi connectivity index (χ2v) is 7.88. The molecule has 0 amide bonds. The Morgan fingerprint density at radius 2 is 2.17 bits per heavy atom. The molecule has 1 aromatic rings. The van der Waals surface area contributed by atoms with Gasteiger partial charge in [0.2, 0.25) is 10.0 Å².